The Morgan fingerprint density at radius 1 is 0.833 bits per heavy atom. The molecule has 18 heavy (non-hydrogen) atoms. The van der Waals surface area contributed by atoms with Crippen molar-refractivity contribution in [1.82, 2.24) is 0 Å². The summed E-state index contributed by atoms with van der Waals surface area (Å²) < 4.78 is 0. The Hall–Kier alpha value is 0.269. The summed E-state index contributed by atoms with van der Waals surface area (Å²) in [6.45, 7) is 2.22. The molecular formula is C15H32O2Sn. The van der Waals surface area contributed by atoms with Crippen molar-refractivity contribution in [2.24, 2.45) is 0 Å². The van der Waals surface area contributed by atoms with E-state index in [2.05, 4.69) is 21.7 Å². The number of carbonyl (C=O) groups excluding carboxylic acids is 1. The van der Waals surface area contributed by atoms with Gasteiger partial charge in [-0.15, -0.1) is 0 Å². The number of carboxylic acids is 1. The number of hydrogen-bond acceptors (Lipinski definition) is 2. The van der Waals surface area contributed by atoms with Crippen LogP contribution in [-0.2, 0) is 4.79 Å². The minimum absolute atomic E-state index is 0.232. The van der Waals surface area contributed by atoms with E-state index in [4.69, 9.17) is 0 Å². The number of aliphatic carboxylic acids is 1. The summed E-state index contributed by atoms with van der Waals surface area (Å²) in [7, 11) is 0. The third-order valence-corrected chi connectivity index (χ3v) is 2.48. The molecule has 0 aliphatic heterocycles. The molecule has 0 rings (SSSR count). The van der Waals surface area contributed by atoms with E-state index in [9.17, 15) is 9.90 Å². The number of carbonyl (C=O) groups is 1. The fourth-order valence-electron chi connectivity index (χ4n) is 1.58. The Kier molecular flexibility index (Phi) is 19.7. The Labute approximate surface area is 121 Å². The van der Waals surface area contributed by atoms with Gasteiger partial charge in [-0.3, -0.25) is 0 Å². The summed E-state index contributed by atoms with van der Waals surface area (Å²) in [5.41, 5.74) is 0. The van der Waals surface area contributed by atoms with Crippen LogP contribution >= 0.6 is 0 Å². The Morgan fingerprint density at radius 2 is 1.17 bits per heavy atom. The summed E-state index contributed by atoms with van der Waals surface area (Å²) in [5.74, 6) is -0.909. The Bertz CT molecular complexity index is 167. The maximum absolute atomic E-state index is 10.1. The van der Waals surface area contributed by atoms with E-state index in [0.717, 1.165) is 12.8 Å². The van der Waals surface area contributed by atoms with Crippen LogP contribution in [0, 0.1) is 0 Å². The molecule has 0 heterocycles. The van der Waals surface area contributed by atoms with Gasteiger partial charge in [-0.1, -0.05) is 58.3 Å². The molecule has 0 atom stereocenters. The second-order valence-corrected chi connectivity index (χ2v) is 14.0. The molecule has 0 aromatic rings. The number of carboxylic acid groups (broad SMARTS) is 1. The van der Waals surface area contributed by atoms with E-state index in [-0.39, 0.29) is 6.42 Å². The molecule has 0 unspecified atom stereocenters. The fraction of sp³-hybridized carbons (Fsp3) is 0.933. The van der Waals surface area contributed by atoms with Gasteiger partial charge in [-0.2, -0.15) is 0 Å². The predicted molar refractivity (Wildman–Crippen MR) is 80.2 cm³/mol. The van der Waals surface area contributed by atoms with Crippen molar-refractivity contribution in [3.8, 4) is 0 Å². The van der Waals surface area contributed by atoms with Gasteiger partial charge in [-0.25, -0.2) is 0 Å². The zero-order valence-electron chi connectivity index (χ0n) is 12.9. The first-order valence-electron chi connectivity index (χ1n) is 7.47. The molecular weight excluding hydrogens is 331 g/mol. The molecule has 0 radical (unpaired) electrons. The standard InChI is InChI=1S/C12H24O2.3CH3.Sn/c1-2-3-4-5-6-7-8-9-10-11-12(13)14;;;;/h2-11H2,1H3,(H,13,14);3*1H3;/q;;;;+1/p-1. The van der Waals surface area contributed by atoms with Crippen molar-refractivity contribution in [3.63, 3.8) is 0 Å². The first-order valence-corrected chi connectivity index (χ1v) is 16.0. The molecule has 0 N–H and O–H groups in total. The second kappa shape index (κ2) is 17.3. The third-order valence-electron chi connectivity index (χ3n) is 2.48. The molecule has 0 aliphatic rings. The van der Waals surface area contributed by atoms with Crippen LogP contribution in [-0.4, -0.2) is 25.7 Å². The monoisotopic (exact) mass is 364 g/mol. The van der Waals surface area contributed by atoms with Crippen molar-refractivity contribution in [1.29, 1.82) is 0 Å². The van der Waals surface area contributed by atoms with Gasteiger partial charge in [0.05, 0.1) is 0 Å². The molecule has 2 nitrogen and oxygen atoms in total. The molecule has 0 saturated carbocycles. The Morgan fingerprint density at radius 3 is 1.50 bits per heavy atom. The molecule has 0 amide bonds. The van der Waals surface area contributed by atoms with Crippen LogP contribution in [0.15, 0.2) is 0 Å². The van der Waals surface area contributed by atoms with Gasteiger partial charge < -0.3 is 9.90 Å². The van der Waals surface area contributed by atoms with E-state index in [1.54, 1.807) is 0 Å². The van der Waals surface area contributed by atoms with E-state index in [1.165, 1.54) is 44.9 Å². The summed E-state index contributed by atoms with van der Waals surface area (Å²) in [4.78, 5) is 17.2. The van der Waals surface area contributed by atoms with Crippen LogP contribution in [0.5, 0.6) is 0 Å². The van der Waals surface area contributed by atoms with Crippen LogP contribution in [0.2, 0.25) is 14.8 Å². The SMILES string of the molecule is CCCCCCCCCCCC(=O)[O-].[CH3][Sn+]([CH3])[CH3]. The molecule has 0 aromatic heterocycles. The zero-order chi connectivity index (χ0) is 14.2. The van der Waals surface area contributed by atoms with Crippen molar-refractivity contribution in [2.45, 2.75) is 86.0 Å². The first kappa shape index (κ1) is 20.6. The Balaban J connectivity index is 0. The third kappa shape index (κ3) is 29.9. The van der Waals surface area contributed by atoms with Crippen LogP contribution in [0.3, 0.4) is 0 Å². The molecule has 0 spiro atoms. The first-order chi connectivity index (χ1) is 8.50. The molecule has 0 bridgehead atoms. The van der Waals surface area contributed by atoms with Gasteiger partial charge in [-0.05, 0) is 12.8 Å². The van der Waals surface area contributed by atoms with Crippen LogP contribution in [0.4, 0.5) is 0 Å². The van der Waals surface area contributed by atoms with E-state index in [0.29, 0.717) is 0 Å². The second-order valence-electron chi connectivity index (χ2n) is 5.45. The average Bonchev–Trinajstić information content (AvgIpc) is 2.26. The molecule has 3 heteroatoms. The van der Waals surface area contributed by atoms with Gasteiger partial charge in [0.2, 0.25) is 0 Å². The zero-order valence-corrected chi connectivity index (χ0v) is 15.7. The fourth-order valence-corrected chi connectivity index (χ4v) is 1.58. The van der Waals surface area contributed by atoms with Crippen molar-refractivity contribution in [2.75, 3.05) is 0 Å². The maximum atomic E-state index is 10.1. The number of unbranched alkanes of at least 4 members (excludes halogenated alkanes) is 8. The summed E-state index contributed by atoms with van der Waals surface area (Å²) >= 11 is -0.543. The minimum atomic E-state index is -0.909. The van der Waals surface area contributed by atoms with Gasteiger partial charge in [0.25, 0.3) is 0 Å². The normalized spacial score (nSPS) is 9.56. The van der Waals surface area contributed by atoms with Crippen LogP contribution in [0.1, 0.15) is 71.1 Å². The molecule has 108 valence electrons. The predicted octanol–water partition coefficient (Wildman–Crippen LogP) is 4.03. The van der Waals surface area contributed by atoms with Crippen molar-refractivity contribution in [3.05, 3.63) is 0 Å². The topological polar surface area (TPSA) is 40.1 Å². The van der Waals surface area contributed by atoms with Crippen LogP contribution in [0.25, 0.3) is 0 Å². The molecule has 0 aromatic carbocycles. The molecule has 0 saturated heterocycles. The summed E-state index contributed by atoms with van der Waals surface area (Å²) in [6.07, 6.45) is 11.2. The number of hydrogen-bond donors (Lipinski definition) is 0. The summed E-state index contributed by atoms with van der Waals surface area (Å²) in [6, 6.07) is 0. The van der Waals surface area contributed by atoms with Gasteiger partial charge >= 0.3 is 34.6 Å². The quantitative estimate of drug-likeness (QED) is 0.434. The summed E-state index contributed by atoms with van der Waals surface area (Å²) in [5, 5.41) is 10.1. The van der Waals surface area contributed by atoms with E-state index in [1.807, 2.05) is 0 Å². The number of rotatable bonds is 10. The van der Waals surface area contributed by atoms with E-state index < -0.39 is 25.7 Å². The van der Waals surface area contributed by atoms with Crippen molar-refractivity contribution >= 4 is 25.7 Å². The van der Waals surface area contributed by atoms with E-state index >= 15 is 0 Å². The van der Waals surface area contributed by atoms with Gasteiger partial charge in [0.15, 0.2) is 0 Å². The van der Waals surface area contributed by atoms with Gasteiger partial charge in [0.1, 0.15) is 0 Å². The molecule has 0 aliphatic carbocycles. The van der Waals surface area contributed by atoms with Gasteiger partial charge in [0, 0.05) is 5.97 Å². The van der Waals surface area contributed by atoms with Crippen LogP contribution < -0.4 is 5.11 Å². The average molecular weight is 363 g/mol. The molecule has 0 fully saturated rings. The van der Waals surface area contributed by atoms with Crippen molar-refractivity contribution < 1.29 is 9.90 Å².